The van der Waals surface area contributed by atoms with Gasteiger partial charge in [0, 0.05) is 34.6 Å². The van der Waals surface area contributed by atoms with Crippen LogP contribution >= 0.6 is 0 Å². The highest BCUT2D eigenvalue weighted by molar-refractivity contribution is 5.90. The van der Waals surface area contributed by atoms with E-state index in [1.165, 1.54) is 20.8 Å². The van der Waals surface area contributed by atoms with Crippen molar-refractivity contribution in [1.82, 2.24) is 5.32 Å². The fourth-order valence-electron chi connectivity index (χ4n) is 3.38. The minimum Gasteiger partial charge on any atom is -0.463 e. The Balaban J connectivity index is 2.50. The number of carbonyl (C=O) groups is 5. The van der Waals surface area contributed by atoms with Crippen molar-refractivity contribution in [3.05, 3.63) is 24.3 Å². The number of para-hydroxylation sites is 2. The highest BCUT2D eigenvalue weighted by Gasteiger charge is 2.52. The van der Waals surface area contributed by atoms with Crippen molar-refractivity contribution in [2.75, 3.05) is 11.9 Å². The molecule has 2 N–H and O–H groups in total. The quantitative estimate of drug-likeness (QED) is 0.401. The maximum absolute atomic E-state index is 12.0. The van der Waals surface area contributed by atoms with E-state index in [9.17, 15) is 24.0 Å². The van der Waals surface area contributed by atoms with E-state index in [1.54, 1.807) is 24.3 Å². The van der Waals surface area contributed by atoms with E-state index in [1.807, 2.05) is 0 Å². The molecule has 1 saturated heterocycles. The van der Waals surface area contributed by atoms with E-state index < -0.39 is 54.5 Å². The largest absolute Gasteiger partial charge is 0.463 e. The lowest BCUT2D eigenvalue weighted by Crippen LogP contribution is -2.67. The van der Waals surface area contributed by atoms with Gasteiger partial charge < -0.3 is 34.3 Å². The first kappa shape index (κ1) is 26.6. The summed E-state index contributed by atoms with van der Waals surface area (Å²) in [4.78, 5) is 58.7. The highest BCUT2D eigenvalue weighted by Crippen LogP contribution is 2.32. The Morgan fingerprint density at radius 3 is 2.03 bits per heavy atom. The van der Waals surface area contributed by atoms with E-state index in [0.717, 1.165) is 13.8 Å². The van der Waals surface area contributed by atoms with Crippen molar-refractivity contribution in [2.45, 2.75) is 65.3 Å². The van der Waals surface area contributed by atoms with Gasteiger partial charge in [0.15, 0.2) is 12.2 Å². The van der Waals surface area contributed by atoms with E-state index in [-0.39, 0.29) is 18.3 Å². The molecule has 186 valence electrons. The molecule has 0 saturated carbocycles. The molecule has 1 aromatic carbocycles. The summed E-state index contributed by atoms with van der Waals surface area (Å²) in [5, 5.41) is 5.22. The van der Waals surface area contributed by atoms with Gasteiger partial charge in [-0.05, 0) is 12.1 Å². The fraction of sp³-hybridized carbons (Fsp3) is 0.500. The molecule has 0 unspecified atom stereocenters. The van der Waals surface area contributed by atoms with Crippen LogP contribution in [0.1, 0.15) is 34.6 Å². The van der Waals surface area contributed by atoms with Crippen molar-refractivity contribution in [1.29, 1.82) is 0 Å². The summed E-state index contributed by atoms with van der Waals surface area (Å²) in [7, 11) is 0. The van der Waals surface area contributed by atoms with Gasteiger partial charge in [0.25, 0.3) is 0 Å². The monoisotopic (exact) mass is 480 g/mol. The van der Waals surface area contributed by atoms with Gasteiger partial charge in [-0.3, -0.25) is 24.0 Å². The number of hydrogen-bond donors (Lipinski definition) is 2. The number of benzene rings is 1. The zero-order valence-electron chi connectivity index (χ0n) is 19.5. The smallest absolute Gasteiger partial charge is 0.303 e. The summed E-state index contributed by atoms with van der Waals surface area (Å²) in [6.07, 6.45) is -4.89. The van der Waals surface area contributed by atoms with Gasteiger partial charge in [-0.1, -0.05) is 12.1 Å². The second-order valence-corrected chi connectivity index (χ2v) is 7.52. The van der Waals surface area contributed by atoms with Crippen LogP contribution in [-0.2, 0) is 42.9 Å². The average molecular weight is 480 g/mol. The number of anilines is 1. The Morgan fingerprint density at radius 2 is 1.47 bits per heavy atom. The number of hydrogen-bond acceptors (Lipinski definition) is 10. The SMILES string of the molecule is CC(=O)Nc1ccccc1O[C@H]1O[C@@H](COC(C)=O)[C@@H](OC(C)=O)[C@@H](OC(C)=O)[C@H]1NC(C)=O. The zero-order chi connectivity index (χ0) is 25.4. The number of ether oxygens (including phenoxy) is 5. The molecule has 1 aliphatic heterocycles. The first-order valence-electron chi connectivity index (χ1n) is 10.4. The second kappa shape index (κ2) is 12.0. The predicted octanol–water partition coefficient (Wildman–Crippen LogP) is 0.680. The van der Waals surface area contributed by atoms with Crippen molar-refractivity contribution < 1.29 is 47.7 Å². The molecule has 0 spiro atoms. The fourth-order valence-corrected chi connectivity index (χ4v) is 3.38. The van der Waals surface area contributed by atoms with Gasteiger partial charge in [-0.25, -0.2) is 0 Å². The van der Waals surface area contributed by atoms with E-state index in [0.29, 0.717) is 5.69 Å². The molecule has 1 aromatic rings. The molecule has 0 bridgehead atoms. The first-order chi connectivity index (χ1) is 16.0. The Morgan fingerprint density at radius 1 is 0.853 bits per heavy atom. The van der Waals surface area contributed by atoms with Crippen molar-refractivity contribution in [2.24, 2.45) is 0 Å². The molecular formula is C22H28N2O10. The van der Waals surface area contributed by atoms with Crippen LogP contribution in [0.2, 0.25) is 0 Å². The van der Waals surface area contributed by atoms with Crippen molar-refractivity contribution >= 4 is 35.4 Å². The van der Waals surface area contributed by atoms with Crippen LogP contribution in [-0.4, -0.2) is 67.0 Å². The van der Waals surface area contributed by atoms with Crippen LogP contribution in [0, 0.1) is 0 Å². The maximum Gasteiger partial charge on any atom is 0.303 e. The number of rotatable bonds is 8. The molecule has 34 heavy (non-hydrogen) atoms. The second-order valence-electron chi connectivity index (χ2n) is 7.52. The van der Waals surface area contributed by atoms with Gasteiger partial charge in [0.05, 0.1) is 5.69 Å². The van der Waals surface area contributed by atoms with Crippen molar-refractivity contribution in [3.63, 3.8) is 0 Å². The van der Waals surface area contributed by atoms with Gasteiger partial charge in [0.2, 0.25) is 18.1 Å². The van der Waals surface area contributed by atoms with Gasteiger partial charge in [-0.2, -0.15) is 0 Å². The Labute approximate surface area is 196 Å². The number of amides is 2. The molecule has 12 heteroatoms. The lowest BCUT2D eigenvalue weighted by molar-refractivity contribution is -0.257. The van der Waals surface area contributed by atoms with Crippen LogP contribution in [0.4, 0.5) is 5.69 Å². The molecule has 0 aliphatic carbocycles. The summed E-state index contributed by atoms with van der Waals surface area (Å²) in [6.45, 7) is 5.68. The molecule has 1 fully saturated rings. The van der Waals surface area contributed by atoms with Crippen LogP contribution in [0.5, 0.6) is 5.75 Å². The minimum atomic E-state index is -1.30. The lowest BCUT2D eigenvalue weighted by atomic mass is 9.96. The van der Waals surface area contributed by atoms with E-state index in [2.05, 4.69) is 10.6 Å². The predicted molar refractivity (Wildman–Crippen MR) is 115 cm³/mol. The third-order valence-electron chi connectivity index (χ3n) is 4.51. The normalized spacial score (nSPS) is 23.7. The van der Waals surface area contributed by atoms with Gasteiger partial charge in [-0.15, -0.1) is 0 Å². The van der Waals surface area contributed by atoms with E-state index >= 15 is 0 Å². The van der Waals surface area contributed by atoms with Crippen LogP contribution in [0.25, 0.3) is 0 Å². The Hall–Kier alpha value is -3.67. The Kier molecular flexibility index (Phi) is 9.36. The molecule has 0 radical (unpaired) electrons. The van der Waals surface area contributed by atoms with Gasteiger partial charge in [0.1, 0.15) is 24.5 Å². The highest BCUT2D eigenvalue weighted by atomic mass is 16.7. The maximum atomic E-state index is 12.0. The lowest BCUT2D eigenvalue weighted by Gasteiger charge is -2.44. The topological polar surface area (TPSA) is 156 Å². The summed E-state index contributed by atoms with van der Waals surface area (Å²) < 4.78 is 27.7. The molecule has 2 rings (SSSR count). The van der Waals surface area contributed by atoms with Gasteiger partial charge >= 0.3 is 17.9 Å². The zero-order valence-corrected chi connectivity index (χ0v) is 19.5. The molecule has 12 nitrogen and oxygen atoms in total. The molecule has 1 heterocycles. The minimum absolute atomic E-state index is 0.191. The Bertz CT molecular complexity index is 934. The van der Waals surface area contributed by atoms with Crippen LogP contribution in [0.3, 0.4) is 0 Å². The first-order valence-corrected chi connectivity index (χ1v) is 10.4. The average Bonchev–Trinajstić information content (AvgIpc) is 2.71. The van der Waals surface area contributed by atoms with Crippen LogP contribution in [0.15, 0.2) is 24.3 Å². The molecule has 2 amide bonds. The summed E-state index contributed by atoms with van der Waals surface area (Å²) in [5.74, 6) is -2.71. The number of esters is 3. The van der Waals surface area contributed by atoms with Crippen LogP contribution < -0.4 is 15.4 Å². The van der Waals surface area contributed by atoms with E-state index in [4.69, 9.17) is 23.7 Å². The summed E-state index contributed by atoms with van der Waals surface area (Å²) in [6, 6.07) is 5.34. The van der Waals surface area contributed by atoms with Crippen molar-refractivity contribution in [3.8, 4) is 5.75 Å². The molecule has 1 aliphatic rings. The number of carbonyl (C=O) groups excluding carboxylic acids is 5. The summed E-state index contributed by atoms with van der Waals surface area (Å²) in [5.41, 5.74) is 0.322. The third-order valence-corrected chi connectivity index (χ3v) is 4.51. The molecule has 0 aromatic heterocycles. The standard InChI is InChI=1S/C22H28N2O10/c1-11(25)23-16-8-6-7-9-17(16)33-22-19(24-12(2)26)21(32-15(5)29)20(31-14(4)28)18(34-22)10-30-13(3)27/h6-9,18-22H,10H2,1-5H3,(H,23,25)(H,24,26)/t18-,19+,20+,21-,22-/m0/s1. The molecule has 5 atom stereocenters. The third kappa shape index (κ3) is 7.73. The molecular weight excluding hydrogens is 452 g/mol. The number of nitrogens with one attached hydrogen (secondary N) is 2. The summed E-state index contributed by atoms with van der Waals surface area (Å²) >= 11 is 0.